The van der Waals surface area contributed by atoms with Crippen molar-refractivity contribution >= 4 is 42.4 Å². The van der Waals surface area contributed by atoms with E-state index in [-0.39, 0.29) is 38.1 Å². The van der Waals surface area contributed by atoms with Crippen LogP contribution in [0.3, 0.4) is 0 Å². The monoisotopic (exact) mass is 473 g/mol. The lowest BCUT2D eigenvalue weighted by Gasteiger charge is -2.20. The number of pyridine rings is 1. The number of benzene rings is 2. The van der Waals surface area contributed by atoms with Gasteiger partial charge in [0.15, 0.2) is 20.8 Å². The molecule has 0 aliphatic heterocycles. The second-order valence-corrected chi connectivity index (χ2v) is 10.2. The van der Waals surface area contributed by atoms with E-state index in [0.29, 0.717) is 5.69 Å². The molecular weight excluding hydrogens is 456 g/mol. The van der Waals surface area contributed by atoms with Crippen molar-refractivity contribution in [1.29, 1.82) is 0 Å². The molecule has 0 atom stereocenters. The number of aromatic nitrogens is 2. The first-order valence-corrected chi connectivity index (χ1v) is 12.1. The van der Waals surface area contributed by atoms with Crippen molar-refractivity contribution in [2.24, 2.45) is 0 Å². The van der Waals surface area contributed by atoms with Gasteiger partial charge in [-0.15, -0.1) is 0 Å². The molecule has 0 radical (unpaired) electrons. The second-order valence-electron chi connectivity index (χ2n) is 6.87. The Morgan fingerprint density at radius 3 is 2.62 bits per heavy atom. The van der Waals surface area contributed by atoms with Crippen LogP contribution in [0, 0.1) is 11.6 Å². The van der Waals surface area contributed by atoms with Crippen LogP contribution in [0.15, 0.2) is 65.7 Å². The Morgan fingerprint density at radius 1 is 1.09 bits per heavy atom. The molecule has 2 heterocycles. The number of rotatable bonds is 6. The summed E-state index contributed by atoms with van der Waals surface area (Å²) in [4.78, 5) is 23.2. The van der Waals surface area contributed by atoms with E-state index >= 15 is 0 Å². The molecule has 6 nitrogen and oxygen atoms in total. The van der Waals surface area contributed by atoms with Gasteiger partial charge in [-0.1, -0.05) is 30.4 Å². The lowest BCUT2D eigenvalue weighted by molar-refractivity contribution is 0.0984. The minimum Gasteiger partial charge on any atom is -0.278 e. The molecule has 4 aromatic rings. The zero-order valence-corrected chi connectivity index (χ0v) is 18.5. The first kappa shape index (κ1) is 22.0. The first-order chi connectivity index (χ1) is 15.3. The highest BCUT2D eigenvalue weighted by molar-refractivity contribution is 7.91. The lowest BCUT2D eigenvalue weighted by Crippen LogP contribution is -2.30. The molecule has 0 aliphatic carbocycles. The number of halogens is 2. The summed E-state index contributed by atoms with van der Waals surface area (Å²) < 4.78 is 52.7. The molecule has 0 aliphatic rings. The van der Waals surface area contributed by atoms with E-state index in [1.54, 1.807) is 24.4 Å². The molecular formula is C22H17F2N3O3S2. The molecule has 0 N–H and O–H groups in total. The normalized spacial score (nSPS) is 11.6. The summed E-state index contributed by atoms with van der Waals surface area (Å²) in [6.45, 7) is 1.53. The molecule has 2 aromatic carbocycles. The van der Waals surface area contributed by atoms with Crippen molar-refractivity contribution in [3.8, 4) is 0 Å². The minimum absolute atomic E-state index is 0.00829. The van der Waals surface area contributed by atoms with Crippen molar-refractivity contribution in [2.75, 3.05) is 10.7 Å². The molecule has 0 unspecified atom stereocenters. The van der Waals surface area contributed by atoms with Crippen LogP contribution in [0.4, 0.5) is 13.9 Å². The molecule has 164 valence electrons. The third-order valence-electron chi connectivity index (χ3n) is 4.74. The first-order valence-electron chi connectivity index (χ1n) is 9.58. The summed E-state index contributed by atoms with van der Waals surface area (Å²) in [5.41, 5.74) is 0.623. The number of nitrogens with zero attached hydrogens (tertiary/aromatic N) is 3. The fraction of sp³-hybridized carbons (Fsp3) is 0.136. The van der Waals surface area contributed by atoms with Crippen molar-refractivity contribution < 1.29 is 22.0 Å². The van der Waals surface area contributed by atoms with Crippen molar-refractivity contribution in [3.63, 3.8) is 0 Å². The maximum atomic E-state index is 14.2. The SMILES string of the molecule is CCS(=O)(=O)c1cccc(C(=O)N(Cc2ccccn2)c2nc3c(F)cc(F)cc3s2)c1. The molecule has 10 heteroatoms. The number of hydrogen-bond acceptors (Lipinski definition) is 6. The highest BCUT2D eigenvalue weighted by Crippen LogP contribution is 2.33. The number of amides is 1. The van der Waals surface area contributed by atoms with Gasteiger partial charge in [0.05, 0.1) is 27.6 Å². The molecule has 0 fully saturated rings. The predicted octanol–water partition coefficient (Wildman–Crippen LogP) is 4.61. The zero-order valence-electron chi connectivity index (χ0n) is 16.8. The average molecular weight is 474 g/mol. The summed E-state index contributed by atoms with van der Waals surface area (Å²) in [7, 11) is -3.52. The number of thiazole rings is 1. The maximum absolute atomic E-state index is 14.2. The van der Waals surface area contributed by atoms with Crippen LogP contribution in [-0.2, 0) is 16.4 Å². The number of carbonyl (C=O) groups excluding carboxylic acids is 1. The Labute approximate surface area is 187 Å². The second kappa shape index (κ2) is 8.71. The summed E-state index contributed by atoms with van der Waals surface area (Å²) in [6.07, 6.45) is 1.57. The van der Waals surface area contributed by atoms with Crippen LogP contribution >= 0.6 is 11.3 Å². The molecule has 0 spiro atoms. The van der Waals surface area contributed by atoms with E-state index in [9.17, 15) is 22.0 Å². The van der Waals surface area contributed by atoms with E-state index in [1.165, 1.54) is 36.1 Å². The van der Waals surface area contributed by atoms with Crippen LogP contribution in [0.2, 0.25) is 0 Å². The van der Waals surface area contributed by atoms with Gasteiger partial charge in [0.1, 0.15) is 11.3 Å². The molecule has 4 rings (SSSR count). The molecule has 0 saturated heterocycles. The van der Waals surface area contributed by atoms with Gasteiger partial charge in [-0.2, -0.15) is 0 Å². The Kier molecular flexibility index (Phi) is 5.98. The zero-order chi connectivity index (χ0) is 22.9. The summed E-state index contributed by atoms with van der Waals surface area (Å²) in [5.74, 6) is -2.22. The lowest BCUT2D eigenvalue weighted by atomic mass is 10.2. The molecule has 0 saturated carbocycles. The quantitative estimate of drug-likeness (QED) is 0.409. The topological polar surface area (TPSA) is 80.2 Å². The van der Waals surface area contributed by atoms with Gasteiger partial charge in [0.25, 0.3) is 5.91 Å². The van der Waals surface area contributed by atoms with Gasteiger partial charge >= 0.3 is 0 Å². The standard InChI is InChI=1S/C22H17F2N3O3S2/c1-2-32(29,30)17-8-5-6-14(10-17)21(28)27(13-16-7-3-4-9-25-16)22-26-20-18(24)11-15(23)12-19(20)31-22/h3-12H,2,13H2,1H3. The highest BCUT2D eigenvalue weighted by Gasteiger charge is 2.24. The van der Waals surface area contributed by atoms with Gasteiger partial charge < -0.3 is 0 Å². The van der Waals surface area contributed by atoms with Gasteiger partial charge in [-0.3, -0.25) is 14.7 Å². The van der Waals surface area contributed by atoms with Crippen molar-refractivity contribution in [2.45, 2.75) is 18.4 Å². The van der Waals surface area contributed by atoms with E-state index < -0.39 is 27.4 Å². The number of sulfone groups is 1. The number of carbonyl (C=O) groups is 1. The molecule has 0 bridgehead atoms. The summed E-state index contributed by atoms with van der Waals surface area (Å²) >= 11 is 0.958. The van der Waals surface area contributed by atoms with Gasteiger partial charge in [0, 0.05) is 17.8 Å². The van der Waals surface area contributed by atoms with Crippen molar-refractivity contribution in [3.05, 3.63) is 83.7 Å². The number of fused-ring (bicyclic) bond motifs is 1. The molecule has 2 aromatic heterocycles. The summed E-state index contributed by atoms with van der Waals surface area (Å²) in [5, 5.41) is 0.143. The van der Waals surface area contributed by atoms with Crippen LogP contribution in [0.1, 0.15) is 23.0 Å². The third kappa shape index (κ3) is 4.37. The minimum atomic E-state index is -3.52. The van der Waals surface area contributed by atoms with E-state index in [2.05, 4.69) is 9.97 Å². The number of anilines is 1. The van der Waals surface area contributed by atoms with Gasteiger partial charge in [-0.05, 0) is 36.4 Å². The molecule has 1 amide bonds. The van der Waals surface area contributed by atoms with Crippen LogP contribution < -0.4 is 4.90 Å². The van der Waals surface area contributed by atoms with E-state index in [1.807, 2.05) is 0 Å². The number of hydrogen-bond donors (Lipinski definition) is 0. The van der Waals surface area contributed by atoms with Crippen LogP contribution in [0.5, 0.6) is 0 Å². The summed E-state index contributed by atoms with van der Waals surface area (Å²) in [6, 6.07) is 12.8. The van der Waals surface area contributed by atoms with Gasteiger partial charge in [-0.25, -0.2) is 22.2 Å². The van der Waals surface area contributed by atoms with Gasteiger partial charge in [0.2, 0.25) is 0 Å². The fourth-order valence-corrected chi connectivity index (χ4v) is 5.01. The van der Waals surface area contributed by atoms with E-state index in [0.717, 1.165) is 23.5 Å². The smallest absolute Gasteiger partial charge is 0.260 e. The Balaban J connectivity index is 1.81. The largest absolute Gasteiger partial charge is 0.278 e. The third-order valence-corrected chi connectivity index (χ3v) is 7.50. The van der Waals surface area contributed by atoms with Crippen molar-refractivity contribution in [1.82, 2.24) is 9.97 Å². The molecule has 32 heavy (non-hydrogen) atoms. The van der Waals surface area contributed by atoms with E-state index in [4.69, 9.17) is 0 Å². The Bertz CT molecular complexity index is 1410. The predicted molar refractivity (Wildman–Crippen MR) is 118 cm³/mol. The highest BCUT2D eigenvalue weighted by atomic mass is 32.2. The fourth-order valence-electron chi connectivity index (χ4n) is 3.09. The Morgan fingerprint density at radius 2 is 1.91 bits per heavy atom. The van der Waals surface area contributed by atoms with Crippen LogP contribution in [0.25, 0.3) is 10.2 Å². The van der Waals surface area contributed by atoms with Crippen LogP contribution in [-0.4, -0.2) is 30.0 Å². The maximum Gasteiger partial charge on any atom is 0.260 e. The average Bonchev–Trinajstić information content (AvgIpc) is 3.22. The Hall–Kier alpha value is -3.24.